The molecule has 2 rings (SSSR count). The molecular weight excluding hydrogens is 266 g/mol. The van der Waals surface area contributed by atoms with E-state index >= 15 is 0 Å². The SMILES string of the molecule is CC(C)(C)OC(=O)N1CCCCC1CC(=O)C1CCCC1. The highest BCUT2D eigenvalue weighted by atomic mass is 16.6. The molecule has 1 saturated carbocycles. The van der Waals surface area contributed by atoms with Gasteiger partial charge in [-0.15, -0.1) is 0 Å². The molecular formula is C17H29NO3. The quantitative estimate of drug-likeness (QED) is 0.792. The number of piperidine rings is 1. The van der Waals surface area contributed by atoms with Gasteiger partial charge in [0.1, 0.15) is 11.4 Å². The molecule has 1 amide bonds. The molecule has 120 valence electrons. The number of carbonyl (C=O) groups excluding carboxylic acids is 2. The zero-order valence-corrected chi connectivity index (χ0v) is 13.7. The Morgan fingerprint density at radius 2 is 1.67 bits per heavy atom. The topological polar surface area (TPSA) is 46.6 Å². The summed E-state index contributed by atoms with van der Waals surface area (Å²) < 4.78 is 5.49. The number of amides is 1. The van der Waals surface area contributed by atoms with Crippen molar-refractivity contribution in [1.29, 1.82) is 0 Å². The molecule has 2 aliphatic rings. The van der Waals surface area contributed by atoms with Gasteiger partial charge in [0.15, 0.2) is 0 Å². The molecule has 1 aliphatic carbocycles. The van der Waals surface area contributed by atoms with Crippen molar-refractivity contribution in [2.75, 3.05) is 6.54 Å². The molecule has 2 fully saturated rings. The molecule has 0 N–H and O–H groups in total. The molecule has 4 heteroatoms. The number of ketones is 1. The maximum atomic E-state index is 12.4. The second-order valence-corrected chi connectivity index (χ2v) is 7.48. The van der Waals surface area contributed by atoms with E-state index in [2.05, 4.69) is 0 Å². The maximum Gasteiger partial charge on any atom is 0.410 e. The first kappa shape index (κ1) is 16.3. The van der Waals surface area contributed by atoms with Crippen molar-refractivity contribution in [3.63, 3.8) is 0 Å². The summed E-state index contributed by atoms with van der Waals surface area (Å²) >= 11 is 0. The first-order chi connectivity index (χ1) is 9.87. The number of likely N-dealkylation sites (tertiary alicyclic amines) is 1. The summed E-state index contributed by atoms with van der Waals surface area (Å²) in [6.45, 7) is 6.37. The summed E-state index contributed by atoms with van der Waals surface area (Å²) in [4.78, 5) is 26.5. The summed E-state index contributed by atoms with van der Waals surface area (Å²) in [5, 5.41) is 0. The lowest BCUT2D eigenvalue weighted by atomic mass is 9.92. The van der Waals surface area contributed by atoms with E-state index in [1.165, 1.54) is 12.8 Å². The first-order valence-electron chi connectivity index (χ1n) is 8.39. The number of carbonyl (C=O) groups is 2. The molecule has 1 saturated heterocycles. The Bertz CT molecular complexity index is 380. The van der Waals surface area contributed by atoms with Crippen molar-refractivity contribution in [1.82, 2.24) is 4.90 Å². The van der Waals surface area contributed by atoms with Crippen molar-refractivity contribution >= 4 is 11.9 Å². The minimum Gasteiger partial charge on any atom is -0.444 e. The molecule has 1 aliphatic heterocycles. The fraction of sp³-hybridized carbons (Fsp3) is 0.882. The molecule has 0 aromatic rings. The van der Waals surface area contributed by atoms with Gasteiger partial charge in [-0.3, -0.25) is 4.79 Å². The highest BCUT2D eigenvalue weighted by Gasteiger charge is 2.33. The number of hydrogen-bond acceptors (Lipinski definition) is 3. The van der Waals surface area contributed by atoms with Crippen molar-refractivity contribution in [2.24, 2.45) is 5.92 Å². The maximum absolute atomic E-state index is 12.4. The fourth-order valence-electron chi connectivity index (χ4n) is 3.42. The minimum atomic E-state index is -0.478. The second-order valence-electron chi connectivity index (χ2n) is 7.48. The zero-order valence-electron chi connectivity index (χ0n) is 13.7. The van der Waals surface area contributed by atoms with E-state index in [0.29, 0.717) is 12.2 Å². The van der Waals surface area contributed by atoms with Crippen molar-refractivity contribution < 1.29 is 14.3 Å². The van der Waals surface area contributed by atoms with E-state index in [9.17, 15) is 9.59 Å². The van der Waals surface area contributed by atoms with Crippen LogP contribution >= 0.6 is 0 Å². The van der Waals surface area contributed by atoms with Crippen LogP contribution in [0.5, 0.6) is 0 Å². The largest absolute Gasteiger partial charge is 0.444 e. The van der Waals surface area contributed by atoms with E-state index in [-0.39, 0.29) is 18.1 Å². The van der Waals surface area contributed by atoms with E-state index in [1.54, 1.807) is 4.90 Å². The predicted octanol–water partition coefficient (Wildman–Crippen LogP) is 3.93. The number of ether oxygens (including phenoxy) is 1. The van der Waals surface area contributed by atoms with Crippen LogP contribution in [0.3, 0.4) is 0 Å². The molecule has 1 heterocycles. The molecule has 0 spiro atoms. The highest BCUT2D eigenvalue weighted by Crippen LogP contribution is 2.29. The molecule has 0 radical (unpaired) electrons. The number of Topliss-reactive ketones (excluding diaryl/α,β-unsaturated/α-hetero) is 1. The average molecular weight is 295 g/mol. The average Bonchev–Trinajstić information content (AvgIpc) is 2.91. The predicted molar refractivity (Wildman–Crippen MR) is 82.2 cm³/mol. The molecule has 1 atom stereocenters. The van der Waals surface area contributed by atoms with Crippen molar-refractivity contribution in [3.8, 4) is 0 Å². The van der Waals surface area contributed by atoms with E-state index in [1.807, 2.05) is 20.8 Å². The van der Waals surface area contributed by atoms with Crippen LogP contribution in [0.15, 0.2) is 0 Å². The summed E-state index contributed by atoms with van der Waals surface area (Å²) in [5.74, 6) is 0.598. The molecule has 0 bridgehead atoms. The van der Waals surface area contributed by atoms with Crippen molar-refractivity contribution in [2.45, 2.75) is 83.8 Å². The number of hydrogen-bond donors (Lipinski definition) is 0. The summed E-state index contributed by atoms with van der Waals surface area (Å²) in [6, 6.07) is 0.0432. The van der Waals surface area contributed by atoms with Gasteiger partial charge >= 0.3 is 6.09 Å². The minimum absolute atomic E-state index is 0.0432. The van der Waals surface area contributed by atoms with Crippen LogP contribution in [0.4, 0.5) is 4.79 Å². The Hall–Kier alpha value is -1.06. The van der Waals surface area contributed by atoms with Crippen molar-refractivity contribution in [3.05, 3.63) is 0 Å². The Labute approximate surface area is 128 Å². The lowest BCUT2D eigenvalue weighted by molar-refractivity contribution is -0.124. The monoisotopic (exact) mass is 295 g/mol. The Kier molecular flexibility index (Phi) is 5.28. The normalized spacial score (nSPS) is 24.1. The van der Waals surface area contributed by atoms with E-state index in [0.717, 1.165) is 38.6 Å². The highest BCUT2D eigenvalue weighted by molar-refractivity contribution is 5.82. The lowest BCUT2D eigenvalue weighted by Gasteiger charge is -2.36. The molecule has 21 heavy (non-hydrogen) atoms. The van der Waals surface area contributed by atoms with Crippen LogP contribution in [0.25, 0.3) is 0 Å². The van der Waals surface area contributed by atoms with Gasteiger partial charge in [-0.25, -0.2) is 4.79 Å². The molecule has 1 unspecified atom stereocenters. The lowest BCUT2D eigenvalue weighted by Crippen LogP contribution is -2.47. The second kappa shape index (κ2) is 6.80. The van der Waals surface area contributed by atoms with Gasteiger partial charge in [0.05, 0.1) is 0 Å². The summed E-state index contributed by atoms with van der Waals surface area (Å²) in [6.07, 6.45) is 7.73. The summed E-state index contributed by atoms with van der Waals surface area (Å²) in [7, 11) is 0. The first-order valence-corrected chi connectivity index (χ1v) is 8.39. The summed E-state index contributed by atoms with van der Waals surface area (Å²) in [5.41, 5.74) is -0.478. The Morgan fingerprint density at radius 1 is 1.05 bits per heavy atom. The van der Waals surface area contributed by atoms with Gasteiger partial charge in [-0.05, 0) is 52.9 Å². The van der Waals surface area contributed by atoms with Gasteiger partial charge in [0.2, 0.25) is 0 Å². The van der Waals surface area contributed by atoms with Crippen LogP contribution in [0.1, 0.15) is 72.1 Å². The van der Waals surface area contributed by atoms with Crippen LogP contribution in [0, 0.1) is 5.92 Å². The van der Waals surface area contributed by atoms with E-state index < -0.39 is 5.60 Å². The fourth-order valence-corrected chi connectivity index (χ4v) is 3.42. The van der Waals surface area contributed by atoms with Gasteiger partial charge in [-0.1, -0.05) is 12.8 Å². The van der Waals surface area contributed by atoms with Crippen LogP contribution in [0.2, 0.25) is 0 Å². The molecule has 0 aromatic heterocycles. The van der Waals surface area contributed by atoms with Gasteiger partial charge in [0.25, 0.3) is 0 Å². The van der Waals surface area contributed by atoms with Crippen LogP contribution < -0.4 is 0 Å². The van der Waals surface area contributed by atoms with Gasteiger partial charge in [-0.2, -0.15) is 0 Å². The van der Waals surface area contributed by atoms with Crippen LogP contribution in [-0.4, -0.2) is 35.0 Å². The third-order valence-corrected chi connectivity index (χ3v) is 4.50. The van der Waals surface area contributed by atoms with E-state index in [4.69, 9.17) is 4.74 Å². The third-order valence-electron chi connectivity index (χ3n) is 4.50. The standard InChI is InChI=1S/C17H29NO3/c1-17(2,3)21-16(20)18-11-7-6-10-14(18)12-15(19)13-8-4-5-9-13/h13-14H,4-12H2,1-3H3. The van der Waals surface area contributed by atoms with Gasteiger partial charge in [0, 0.05) is 24.9 Å². The molecule has 0 aromatic carbocycles. The Balaban J connectivity index is 1.94. The number of nitrogens with zero attached hydrogens (tertiary/aromatic N) is 1. The smallest absolute Gasteiger partial charge is 0.410 e. The molecule has 4 nitrogen and oxygen atoms in total. The van der Waals surface area contributed by atoms with Gasteiger partial charge < -0.3 is 9.64 Å². The number of rotatable bonds is 3. The van der Waals surface area contributed by atoms with Crippen LogP contribution in [-0.2, 0) is 9.53 Å². The third kappa shape index (κ3) is 4.72. The zero-order chi connectivity index (χ0) is 15.5. The Morgan fingerprint density at radius 3 is 2.29 bits per heavy atom.